The Morgan fingerprint density at radius 2 is 1.72 bits per heavy atom. The second-order valence-electron chi connectivity index (χ2n) is 8.34. The fourth-order valence-corrected chi connectivity index (χ4v) is 3.89. The van der Waals surface area contributed by atoms with Crippen LogP contribution in [0, 0.1) is 0 Å². The van der Waals surface area contributed by atoms with Crippen molar-refractivity contribution in [2.75, 3.05) is 7.05 Å². The second-order valence-corrected chi connectivity index (χ2v) is 8.34. The monoisotopic (exact) mass is 475 g/mol. The minimum Gasteiger partial charge on any atom is -0.335 e. The lowest BCUT2D eigenvalue weighted by molar-refractivity contribution is -0.126. The van der Waals surface area contributed by atoms with Crippen molar-refractivity contribution in [2.45, 2.75) is 13.0 Å². The van der Waals surface area contributed by atoms with Gasteiger partial charge in [-0.1, -0.05) is 30.3 Å². The molecule has 5 aromatic rings. The molecule has 3 heterocycles. The Labute approximate surface area is 209 Å². The molecule has 3 aromatic heterocycles. The smallest absolute Gasteiger partial charge is 0.246 e. The van der Waals surface area contributed by atoms with E-state index in [1.165, 1.54) is 6.33 Å². The lowest BCUT2D eigenvalue weighted by Gasteiger charge is -2.24. The fraction of sp³-hybridized carbons (Fsp3) is 0.107. The molecule has 0 radical (unpaired) electrons. The van der Waals surface area contributed by atoms with Gasteiger partial charge >= 0.3 is 0 Å². The summed E-state index contributed by atoms with van der Waals surface area (Å²) >= 11 is 0. The minimum absolute atomic E-state index is 0.104. The fourth-order valence-electron chi connectivity index (χ4n) is 3.89. The lowest BCUT2D eigenvalue weighted by Crippen LogP contribution is -2.27. The third-order valence-electron chi connectivity index (χ3n) is 6.09. The number of hydrogen-bond acceptors (Lipinski definition) is 5. The first-order chi connectivity index (χ1) is 17.6. The molecule has 0 saturated carbocycles. The number of benzene rings is 2. The Balaban J connectivity index is 1.37. The summed E-state index contributed by atoms with van der Waals surface area (Å²) in [6, 6.07) is 21.5. The number of para-hydroxylation sites is 1. The van der Waals surface area contributed by atoms with Crippen LogP contribution in [-0.2, 0) is 4.79 Å². The third-order valence-corrected chi connectivity index (χ3v) is 6.09. The van der Waals surface area contributed by atoms with E-state index < -0.39 is 0 Å². The van der Waals surface area contributed by atoms with E-state index in [1.807, 2.05) is 90.6 Å². The summed E-state index contributed by atoms with van der Waals surface area (Å²) in [5.74, 6) is -0.104. The largest absolute Gasteiger partial charge is 0.335 e. The van der Waals surface area contributed by atoms with Crippen molar-refractivity contribution in [1.82, 2.24) is 34.4 Å². The number of rotatable bonds is 7. The number of carbonyl (C=O) groups excluding carboxylic acids is 1. The van der Waals surface area contributed by atoms with Gasteiger partial charge in [0.2, 0.25) is 5.91 Å². The van der Waals surface area contributed by atoms with Crippen LogP contribution >= 0.6 is 0 Å². The van der Waals surface area contributed by atoms with Gasteiger partial charge in [0.05, 0.1) is 17.4 Å². The highest BCUT2D eigenvalue weighted by atomic mass is 16.2. The SMILES string of the molecule is CC(c1ccc(-n2cncn2)cc1)N(C)C(=O)/C=C/c1cn(-c2ccccc2)nc1-c1cccnc1. The van der Waals surface area contributed by atoms with Crippen LogP contribution in [0.1, 0.15) is 24.1 Å². The first-order valence-corrected chi connectivity index (χ1v) is 11.6. The van der Waals surface area contributed by atoms with E-state index in [-0.39, 0.29) is 11.9 Å². The van der Waals surface area contributed by atoms with Gasteiger partial charge in [0.1, 0.15) is 18.3 Å². The number of nitrogens with zero attached hydrogens (tertiary/aromatic N) is 7. The molecule has 0 spiro atoms. The molecule has 0 fully saturated rings. The molecule has 2 aromatic carbocycles. The van der Waals surface area contributed by atoms with Gasteiger partial charge < -0.3 is 4.90 Å². The van der Waals surface area contributed by atoms with Gasteiger partial charge in [-0.3, -0.25) is 9.78 Å². The maximum atomic E-state index is 13.1. The Kier molecular flexibility index (Phi) is 6.48. The Bertz CT molecular complexity index is 1460. The maximum absolute atomic E-state index is 13.1. The molecule has 36 heavy (non-hydrogen) atoms. The zero-order chi connectivity index (χ0) is 24.9. The van der Waals surface area contributed by atoms with E-state index in [0.717, 1.165) is 33.8 Å². The zero-order valence-electron chi connectivity index (χ0n) is 20.0. The van der Waals surface area contributed by atoms with Gasteiger partial charge in [-0.15, -0.1) is 0 Å². The first kappa shape index (κ1) is 22.9. The summed E-state index contributed by atoms with van der Waals surface area (Å²) in [6.45, 7) is 2.00. The number of carbonyl (C=O) groups is 1. The van der Waals surface area contributed by atoms with Crippen molar-refractivity contribution in [1.29, 1.82) is 0 Å². The standard InChI is InChI=1S/C28H25N7O/c1-21(22-10-13-26(14-11-22)35-20-30-19-31-35)33(2)27(36)15-12-24-18-34(25-8-4-3-5-9-25)32-28(24)23-7-6-16-29-17-23/h3-21H,1-2H3/b15-12+. The van der Waals surface area contributed by atoms with Gasteiger partial charge in [0, 0.05) is 42.8 Å². The van der Waals surface area contributed by atoms with Gasteiger partial charge in [0.15, 0.2) is 0 Å². The molecule has 0 N–H and O–H groups in total. The summed E-state index contributed by atoms with van der Waals surface area (Å²) in [5.41, 5.74) is 5.35. The van der Waals surface area contributed by atoms with Crippen molar-refractivity contribution < 1.29 is 4.79 Å². The topological polar surface area (TPSA) is 81.7 Å². The molecule has 5 rings (SSSR count). The molecule has 1 unspecified atom stereocenters. The average molecular weight is 476 g/mol. The van der Waals surface area contributed by atoms with Crippen LogP contribution < -0.4 is 0 Å². The predicted octanol–water partition coefficient (Wildman–Crippen LogP) is 4.75. The molecule has 0 bridgehead atoms. The third kappa shape index (κ3) is 4.83. The molecule has 1 atom stereocenters. The van der Waals surface area contributed by atoms with Crippen molar-refractivity contribution in [3.8, 4) is 22.6 Å². The van der Waals surface area contributed by atoms with E-state index >= 15 is 0 Å². The van der Waals surface area contributed by atoms with Crippen molar-refractivity contribution >= 4 is 12.0 Å². The lowest BCUT2D eigenvalue weighted by atomic mass is 10.1. The number of pyridine rings is 1. The first-order valence-electron chi connectivity index (χ1n) is 11.6. The van der Waals surface area contributed by atoms with Crippen LogP contribution in [-0.4, -0.2) is 47.4 Å². The Hall–Kier alpha value is -4.85. The van der Waals surface area contributed by atoms with Crippen LogP contribution in [0.15, 0.2) is 104 Å². The molecular formula is C28H25N7O. The molecule has 8 heteroatoms. The molecule has 0 aliphatic heterocycles. The average Bonchev–Trinajstić information content (AvgIpc) is 3.63. The van der Waals surface area contributed by atoms with Crippen LogP contribution in [0.4, 0.5) is 0 Å². The highest BCUT2D eigenvalue weighted by molar-refractivity contribution is 5.93. The predicted molar refractivity (Wildman–Crippen MR) is 138 cm³/mol. The highest BCUT2D eigenvalue weighted by Gasteiger charge is 2.17. The summed E-state index contributed by atoms with van der Waals surface area (Å²) in [5, 5.41) is 8.92. The zero-order valence-corrected chi connectivity index (χ0v) is 20.0. The molecule has 0 aliphatic rings. The summed E-state index contributed by atoms with van der Waals surface area (Å²) < 4.78 is 3.51. The number of aromatic nitrogens is 6. The summed E-state index contributed by atoms with van der Waals surface area (Å²) in [7, 11) is 1.80. The van der Waals surface area contributed by atoms with Gasteiger partial charge in [0.25, 0.3) is 0 Å². The van der Waals surface area contributed by atoms with Crippen LogP contribution in [0.5, 0.6) is 0 Å². The maximum Gasteiger partial charge on any atom is 0.246 e. The van der Waals surface area contributed by atoms with Crippen LogP contribution in [0.2, 0.25) is 0 Å². The number of hydrogen-bond donors (Lipinski definition) is 0. The normalized spacial score (nSPS) is 12.1. The summed E-state index contributed by atoms with van der Waals surface area (Å²) in [4.78, 5) is 23.0. The van der Waals surface area contributed by atoms with Crippen LogP contribution in [0.3, 0.4) is 0 Å². The molecule has 0 saturated heterocycles. The summed E-state index contributed by atoms with van der Waals surface area (Å²) in [6.07, 6.45) is 12.0. The molecule has 178 valence electrons. The Morgan fingerprint density at radius 1 is 0.944 bits per heavy atom. The minimum atomic E-state index is -0.114. The molecular weight excluding hydrogens is 450 g/mol. The van der Waals surface area contributed by atoms with Crippen molar-refractivity contribution in [2.24, 2.45) is 0 Å². The quantitative estimate of drug-likeness (QED) is 0.317. The number of amides is 1. The molecule has 1 amide bonds. The molecule has 0 aliphatic carbocycles. The van der Waals surface area contributed by atoms with Crippen LogP contribution in [0.25, 0.3) is 28.7 Å². The highest BCUT2D eigenvalue weighted by Crippen LogP contribution is 2.25. The molecule has 8 nitrogen and oxygen atoms in total. The second kappa shape index (κ2) is 10.2. The van der Waals surface area contributed by atoms with Crippen molar-refractivity contribution in [3.05, 3.63) is 115 Å². The van der Waals surface area contributed by atoms with E-state index in [9.17, 15) is 4.79 Å². The van der Waals surface area contributed by atoms with E-state index in [2.05, 4.69) is 15.1 Å². The van der Waals surface area contributed by atoms with Crippen molar-refractivity contribution in [3.63, 3.8) is 0 Å². The number of likely N-dealkylation sites (N-methyl/N-ethyl adjacent to an activating group) is 1. The van der Waals surface area contributed by atoms with E-state index in [1.54, 1.807) is 41.4 Å². The van der Waals surface area contributed by atoms with Gasteiger partial charge in [-0.05, 0) is 55.0 Å². The van der Waals surface area contributed by atoms with E-state index in [0.29, 0.717) is 0 Å². The van der Waals surface area contributed by atoms with E-state index in [4.69, 9.17) is 5.10 Å². The van der Waals surface area contributed by atoms with Gasteiger partial charge in [-0.2, -0.15) is 10.2 Å². The Morgan fingerprint density at radius 3 is 2.42 bits per heavy atom. The van der Waals surface area contributed by atoms with Gasteiger partial charge in [-0.25, -0.2) is 14.3 Å².